The fraction of sp³-hybridized carbons (Fsp3) is 1.00. The zero-order chi connectivity index (χ0) is 7.61. The Morgan fingerprint density at radius 3 is 2.90 bits per heavy atom. The molecule has 0 spiro atoms. The summed E-state index contributed by atoms with van der Waals surface area (Å²) in [5.74, 6) is -0.00853. The standard InChI is InChI=1S/C5H11O4P/c1-8-10(7)4-5(2-6)3-9-10/h5-6H,2-4H2,1H3/t5?,10-/m1/s1. The molecule has 0 aromatic rings. The average Bonchev–Trinajstić information content (AvgIpc) is 2.33. The first kappa shape index (κ1) is 8.21. The normalized spacial score (nSPS) is 40.4. The first-order valence-electron chi connectivity index (χ1n) is 3.10. The molecule has 0 bridgehead atoms. The van der Waals surface area contributed by atoms with Gasteiger partial charge in [-0.25, -0.2) is 0 Å². The van der Waals surface area contributed by atoms with Gasteiger partial charge in [-0.05, 0) is 0 Å². The molecule has 5 heteroatoms. The molecule has 1 N–H and O–H groups in total. The predicted molar refractivity (Wildman–Crippen MR) is 36.0 cm³/mol. The van der Waals surface area contributed by atoms with Gasteiger partial charge >= 0.3 is 7.60 Å². The smallest absolute Gasteiger partial charge is 0.330 e. The van der Waals surface area contributed by atoms with Gasteiger partial charge in [0.15, 0.2) is 0 Å². The van der Waals surface area contributed by atoms with Crippen LogP contribution in [0.4, 0.5) is 0 Å². The molecule has 1 rings (SSSR count). The van der Waals surface area contributed by atoms with E-state index in [1.807, 2.05) is 0 Å². The summed E-state index contributed by atoms with van der Waals surface area (Å²) in [4.78, 5) is 0. The minimum atomic E-state index is -2.78. The SMILES string of the molecule is CO[P@]1(=O)CC(CO)CO1. The summed E-state index contributed by atoms with van der Waals surface area (Å²) in [6, 6.07) is 0. The molecule has 1 fully saturated rings. The van der Waals surface area contributed by atoms with Gasteiger partial charge in [0.25, 0.3) is 0 Å². The fourth-order valence-corrected chi connectivity index (χ4v) is 2.53. The molecule has 60 valence electrons. The average molecular weight is 166 g/mol. The number of hydrogen-bond donors (Lipinski definition) is 1. The second kappa shape index (κ2) is 3.01. The minimum Gasteiger partial charge on any atom is -0.396 e. The third kappa shape index (κ3) is 1.58. The molecule has 0 aromatic heterocycles. The van der Waals surface area contributed by atoms with E-state index >= 15 is 0 Å². The molecule has 0 amide bonds. The van der Waals surface area contributed by atoms with Gasteiger partial charge in [0, 0.05) is 19.6 Å². The van der Waals surface area contributed by atoms with Crippen molar-refractivity contribution in [1.29, 1.82) is 0 Å². The quantitative estimate of drug-likeness (QED) is 0.605. The molecule has 0 aliphatic carbocycles. The highest BCUT2D eigenvalue weighted by Crippen LogP contribution is 2.53. The van der Waals surface area contributed by atoms with Gasteiger partial charge in [0.05, 0.1) is 12.8 Å². The number of rotatable bonds is 2. The van der Waals surface area contributed by atoms with Crippen molar-refractivity contribution >= 4 is 7.60 Å². The maximum absolute atomic E-state index is 11.2. The van der Waals surface area contributed by atoms with Crippen molar-refractivity contribution < 1.29 is 18.7 Å². The monoisotopic (exact) mass is 166 g/mol. The summed E-state index contributed by atoms with van der Waals surface area (Å²) >= 11 is 0. The molecule has 1 saturated heterocycles. The third-order valence-corrected chi connectivity index (χ3v) is 3.59. The van der Waals surface area contributed by atoms with Crippen LogP contribution in [0.5, 0.6) is 0 Å². The van der Waals surface area contributed by atoms with Crippen molar-refractivity contribution in [2.75, 3.05) is 26.5 Å². The van der Waals surface area contributed by atoms with E-state index in [-0.39, 0.29) is 12.5 Å². The van der Waals surface area contributed by atoms with Crippen molar-refractivity contribution in [2.45, 2.75) is 0 Å². The molecule has 4 nitrogen and oxygen atoms in total. The summed E-state index contributed by atoms with van der Waals surface area (Å²) in [5, 5.41) is 8.64. The first-order chi connectivity index (χ1) is 4.70. The Morgan fingerprint density at radius 1 is 1.90 bits per heavy atom. The first-order valence-corrected chi connectivity index (χ1v) is 4.83. The van der Waals surface area contributed by atoms with Crippen LogP contribution in [0.2, 0.25) is 0 Å². The predicted octanol–water partition coefficient (Wildman–Crippen LogP) is 0.465. The van der Waals surface area contributed by atoms with Gasteiger partial charge in [-0.2, -0.15) is 0 Å². The summed E-state index contributed by atoms with van der Waals surface area (Å²) in [6.07, 6.45) is 0.347. The van der Waals surface area contributed by atoms with E-state index in [2.05, 4.69) is 4.52 Å². The molecule has 2 atom stereocenters. The summed E-state index contributed by atoms with van der Waals surface area (Å²) in [5.41, 5.74) is 0. The molecule has 0 radical (unpaired) electrons. The van der Waals surface area contributed by atoms with Gasteiger partial charge in [-0.15, -0.1) is 0 Å². The van der Waals surface area contributed by atoms with E-state index in [4.69, 9.17) is 9.63 Å². The van der Waals surface area contributed by atoms with Crippen LogP contribution in [0.15, 0.2) is 0 Å². The number of aliphatic hydroxyl groups excluding tert-OH is 1. The van der Waals surface area contributed by atoms with Crippen molar-refractivity contribution in [2.24, 2.45) is 5.92 Å². The topological polar surface area (TPSA) is 55.8 Å². The summed E-state index contributed by atoms with van der Waals surface area (Å²) in [7, 11) is -1.42. The number of aliphatic hydroxyl groups is 1. The maximum atomic E-state index is 11.2. The van der Waals surface area contributed by atoms with Gasteiger partial charge < -0.3 is 14.2 Å². The van der Waals surface area contributed by atoms with Gasteiger partial charge in [-0.3, -0.25) is 4.57 Å². The van der Waals surface area contributed by atoms with Crippen LogP contribution in [-0.2, 0) is 13.6 Å². The van der Waals surface area contributed by atoms with E-state index in [0.717, 1.165) is 0 Å². The maximum Gasteiger partial charge on any atom is 0.330 e. The lowest BCUT2D eigenvalue weighted by Gasteiger charge is -2.05. The van der Waals surface area contributed by atoms with Crippen molar-refractivity contribution in [3.8, 4) is 0 Å². The molecule has 0 saturated carbocycles. The lowest BCUT2D eigenvalue weighted by Crippen LogP contribution is -2.07. The van der Waals surface area contributed by atoms with Crippen LogP contribution in [0.25, 0.3) is 0 Å². The molecule has 1 aliphatic heterocycles. The highest BCUT2D eigenvalue weighted by molar-refractivity contribution is 7.54. The Kier molecular flexibility index (Phi) is 2.47. The molecule has 1 heterocycles. The van der Waals surface area contributed by atoms with Crippen LogP contribution in [0.3, 0.4) is 0 Å². The van der Waals surface area contributed by atoms with Crippen LogP contribution < -0.4 is 0 Å². The Morgan fingerprint density at radius 2 is 2.60 bits per heavy atom. The number of hydrogen-bond acceptors (Lipinski definition) is 4. The van der Waals surface area contributed by atoms with Crippen LogP contribution in [0.1, 0.15) is 0 Å². The van der Waals surface area contributed by atoms with E-state index in [0.29, 0.717) is 12.8 Å². The fourth-order valence-electron chi connectivity index (χ4n) is 0.878. The van der Waals surface area contributed by atoms with Crippen molar-refractivity contribution in [3.05, 3.63) is 0 Å². The zero-order valence-electron chi connectivity index (χ0n) is 5.82. The highest BCUT2D eigenvalue weighted by Gasteiger charge is 2.35. The molecule has 0 aromatic carbocycles. The molecule has 1 aliphatic rings. The Bertz CT molecular complexity index is 158. The lowest BCUT2D eigenvalue weighted by atomic mass is 10.2. The Hall–Kier alpha value is 0.110. The summed E-state index contributed by atoms with van der Waals surface area (Å²) < 4.78 is 20.7. The molecular weight excluding hydrogens is 155 g/mol. The van der Waals surface area contributed by atoms with E-state index in [1.165, 1.54) is 7.11 Å². The van der Waals surface area contributed by atoms with Gasteiger partial charge in [-0.1, -0.05) is 0 Å². The largest absolute Gasteiger partial charge is 0.396 e. The minimum absolute atomic E-state index is 0.00853. The molecule has 10 heavy (non-hydrogen) atoms. The van der Waals surface area contributed by atoms with Crippen LogP contribution in [-0.4, -0.2) is 31.6 Å². The molecule has 1 unspecified atom stereocenters. The van der Waals surface area contributed by atoms with Crippen LogP contribution >= 0.6 is 7.60 Å². The Labute approximate surface area is 59.7 Å². The van der Waals surface area contributed by atoms with E-state index < -0.39 is 7.60 Å². The zero-order valence-corrected chi connectivity index (χ0v) is 6.71. The van der Waals surface area contributed by atoms with Crippen molar-refractivity contribution in [3.63, 3.8) is 0 Å². The second-order valence-corrected chi connectivity index (χ2v) is 4.53. The van der Waals surface area contributed by atoms with Crippen LogP contribution in [0, 0.1) is 5.92 Å². The van der Waals surface area contributed by atoms with Crippen molar-refractivity contribution in [1.82, 2.24) is 0 Å². The Balaban J connectivity index is 2.49. The van der Waals surface area contributed by atoms with Gasteiger partial charge in [0.1, 0.15) is 0 Å². The highest BCUT2D eigenvalue weighted by atomic mass is 31.2. The lowest BCUT2D eigenvalue weighted by molar-refractivity contribution is 0.196. The van der Waals surface area contributed by atoms with E-state index in [1.54, 1.807) is 0 Å². The molecular formula is C5H11O4P. The summed E-state index contributed by atoms with van der Waals surface area (Å²) in [6.45, 7) is 0.370. The second-order valence-electron chi connectivity index (χ2n) is 2.32. The van der Waals surface area contributed by atoms with Gasteiger partial charge in [0.2, 0.25) is 0 Å². The third-order valence-electron chi connectivity index (χ3n) is 1.53. The van der Waals surface area contributed by atoms with E-state index in [9.17, 15) is 4.57 Å².